The molecule has 5 aromatic rings. The molecule has 28 heavy (non-hydrogen) atoms. The van der Waals surface area contributed by atoms with Crippen LogP contribution in [0.3, 0.4) is 0 Å². The normalized spacial score (nSPS) is 11.4. The number of pyridine rings is 1. The molecule has 0 aliphatic rings. The van der Waals surface area contributed by atoms with Crippen molar-refractivity contribution in [1.82, 2.24) is 24.7 Å². The molecule has 0 N–H and O–H groups in total. The van der Waals surface area contributed by atoms with Crippen LogP contribution in [0.25, 0.3) is 38.1 Å². The lowest BCUT2D eigenvalue weighted by atomic mass is 10.2. The maximum Gasteiger partial charge on any atom is 0.192 e. The molecule has 9 heteroatoms. The Morgan fingerprint density at radius 1 is 1.11 bits per heavy atom. The minimum atomic E-state index is -0.333. The van der Waals surface area contributed by atoms with Gasteiger partial charge in [0.15, 0.2) is 17.3 Å². The zero-order valence-electron chi connectivity index (χ0n) is 14.4. The van der Waals surface area contributed by atoms with Crippen LogP contribution >= 0.6 is 34.3 Å². The third-order valence-electron chi connectivity index (χ3n) is 4.27. The highest BCUT2D eigenvalue weighted by Gasteiger charge is 2.20. The zero-order valence-corrected chi connectivity index (χ0v) is 16.8. The van der Waals surface area contributed by atoms with Gasteiger partial charge in [-0.2, -0.15) is 0 Å². The Bertz CT molecular complexity index is 1320. The molecule has 0 saturated heterocycles. The Labute approximate surface area is 172 Å². The second-order valence-corrected chi connectivity index (χ2v) is 8.64. The van der Waals surface area contributed by atoms with Gasteiger partial charge in [0.25, 0.3) is 0 Å². The van der Waals surface area contributed by atoms with Crippen LogP contribution in [0.15, 0.2) is 48.1 Å². The van der Waals surface area contributed by atoms with E-state index in [1.807, 2.05) is 25.1 Å². The Morgan fingerprint density at radius 3 is 2.82 bits per heavy atom. The third kappa shape index (κ3) is 2.90. The van der Waals surface area contributed by atoms with Gasteiger partial charge < -0.3 is 0 Å². The molecule has 138 valence electrons. The molecule has 5 rings (SSSR count). The number of aromatic nitrogens is 5. The first-order valence-electron chi connectivity index (χ1n) is 8.28. The van der Waals surface area contributed by atoms with Crippen LogP contribution in [0, 0.1) is 12.7 Å². The minimum Gasteiger partial charge on any atom is -0.236 e. The molecule has 0 amide bonds. The lowest BCUT2D eigenvalue weighted by Gasteiger charge is -2.09. The summed E-state index contributed by atoms with van der Waals surface area (Å²) >= 11 is 8.97. The number of rotatable bonds is 3. The SMILES string of the molecule is Cc1ccc(F)cc1-n1nc(-c2ccc(Cl)s2)nc1-c1ccnc2ncsc12. The topological polar surface area (TPSA) is 56.5 Å². The number of benzene rings is 1. The Kier molecular flexibility index (Phi) is 4.19. The number of fused-ring (bicyclic) bond motifs is 1. The summed E-state index contributed by atoms with van der Waals surface area (Å²) in [5.41, 5.74) is 4.75. The molecule has 0 radical (unpaired) electrons. The maximum absolute atomic E-state index is 14.0. The van der Waals surface area contributed by atoms with Crippen LogP contribution in [0.5, 0.6) is 0 Å². The predicted octanol–water partition coefficient (Wildman–Crippen LogP) is 5.77. The highest BCUT2D eigenvalue weighted by molar-refractivity contribution is 7.19. The van der Waals surface area contributed by atoms with Crippen LogP contribution in [-0.4, -0.2) is 24.7 Å². The molecule has 0 bridgehead atoms. The average Bonchev–Trinajstić information content (AvgIpc) is 3.42. The third-order valence-corrected chi connectivity index (χ3v) is 6.35. The van der Waals surface area contributed by atoms with E-state index in [9.17, 15) is 4.39 Å². The molecule has 0 fully saturated rings. The largest absolute Gasteiger partial charge is 0.236 e. The quantitative estimate of drug-likeness (QED) is 0.367. The van der Waals surface area contributed by atoms with Crippen molar-refractivity contribution < 1.29 is 4.39 Å². The number of hydrogen-bond acceptors (Lipinski definition) is 6. The Morgan fingerprint density at radius 2 is 2.00 bits per heavy atom. The minimum absolute atomic E-state index is 0.333. The molecule has 0 aliphatic carbocycles. The maximum atomic E-state index is 14.0. The first-order chi connectivity index (χ1) is 13.6. The van der Waals surface area contributed by atoms with Crippen LogP contribution < -0.4 is 0 Å². The summed E-state index contributed by atoms with van der Waals surface area (Å²) < 4.78 is 17.2. The molecule has 5 nitrogen and oxygen atoms in total. The van der Waals surface area contributed by atoms with E-state index < -0.39 is 0 Å². The van der Waals surface area contributed by atoms with Crippen LogP contribution in [-0.2, 0) is 0 Å². The molecule has 0 saturated carbocycles. The van der Waals surface area contributed by atoms with Gasteiger partial charge in [0.1, 0.15) is 5.82 Å². The lowest BCUT2D eigenvalue weighted by Crippen LogP contribution is -2.03. The van der Waals surface area contributed by atoms with Crippen molar-refractivity contribution in [2.24, 2.45) is 0 Å². The molecule has 0 unspecified atom stereocenters. The number of thiophene rings is 1. The highest BCUT2D eigenvalue weighted by atomic mass is 35.5. The smallest absolute Gasteiger partial charge is 0.192 e. The average molecular weight is 428 g/mol. The summed E-state index contributed by atoms with van der Waals surface area (Å²) in [5.74, 6) is 0.801. The predicted molar refractivity (Wildman–Crippen MR) is 111 cm³/mol. The summed E-state index contributed by atoms with van der Waals surface area (Å²) in [7, 11) is 0. The van der Waals surface area contributed by atoms with Gasteiger partial charge in [-0.05, 0) is 42.8 Å². The van der Waals surface area contributed by atoms with E-state index in [0.29, 0.717) is 27.3 Å². The van der Waals surface area contributed by atoms with Gasteiger partial charge >= 0.3 is 0 Å². The number of nitrogens with zero attached hydrogens (tertiary/aromatic N) is 5. The van der Waals surface area contributed by atoms with Crippen LogP contribution in [0.1, 0.15) is 5.56 Å². The Hall–Kier alpha value is -2.68. The van der Waals surface area contributed by atoms with Crippen molar-refractivity contribution in [1.29, 1.82) is 0 Å². The van der Waals surface area contributed by atoms with Gasteiger partial charge in [-0.15, -0.1) is 27.8 Å². The fraction of sp³-hybridized carbons (Fsp3) is 0.0526. The van der Waals surface area contributed by atoms with E-state index in [-0.39, 0.29) is 5.82 Å². The monoisotopic (exact) mass is 427 g/mol. The van der Waals surface area contributed by atoms with E-state index in [2.05, 4.69) is 15.1 Å². The van der Waals surface area contributed by atoms with Crippen molar-refractivity contribution in [2.45, 2.75) is 6.92 Å². The van der Waals surface area contributed by atoms with Crippen molar-refractivity contribution in [3.8, 4) is 27.8 Å². The van der Waals surface area contributed by atoms with Crippen molar-refractivity contribution >= 4 is 44.6 Å². The van der Waals surface area contributed by atoms with Gasteiger partial charge in [-0.1, -0.05) is 17.7 Å². The van der Waals surface area contributed by atoms with Gasteiger partial charge in [0.05, 0.1) is 25.1 Å². The van der Waals surface area contributed by atoms with E-state index in [0.717, 1.165) is 20.7 Å². The molecule has 4 heterocycles. The van der Waals surface area contributed by atoms with E-state index in [4.69, 9.17) is 16.6 Å². The van der Waals surface area contributed by atoms with E-state index in [1.165, 1.54) is 34.8 Å². The van der Waals surface area contributed by atoms with Crippen molar-refractivity contribution in [2.75, 3.05) is 0 Å². The molecular formula is C19H11ClFN5S2. The van der Waals surface area contributed by atoms with Crippen molar-refractivity contribution in [3.05, 3.63) is 63.8 Å². The summed E-state index contributed by atoms with van der Waals surface area (Å²) in [6.45, 7) is 1.91. The summed E-state index contributed by atoms with van der Waals surface area (Å²) in [4.78, 5) is 14.2. The number of thiazole rings is 1. The number of aryl methyl sites for hydroxylation is 1. The highest BCUT2D eigenvalue weighted by Crippen LogP contribution is 2.35. The molecule has 0 aliphatic heterocycles. The van der Waals surface area contributed by atoms with Crippen molar-refractivity contribution in [3.63, 3.8) is 0 Å². The van der Waals surface area contributed by atoms with E-state index in [1.54, 1.807) is 22.5 Å². The number of hydrogen-bond donors (Lipinski definition) is 0. The van der Waals surface area contributed by atoms with Crippen LogP contribution in [0.4, 0.5) is 4.39 Å². The number of halogens is 2. The molecular weight excluding hydrogens is 417 g/mol. The molecule has 1 aromatic carbocycles. The summed E-state index contributed by atoms with van der Waals surface area (Å²) in [5, 5.41) is 4.69. The molecule has 0 spiro atoms. The first kappa shape index (κ1) is 17.4. The zero-order chi connectivity index (χ0) is 19.3. The van der Waals surface area contributed by atoms with E-state index >= 15 is 0 Å². The van der Waals surface area contributed by atoms with Gasteiger partial charge in [-0.3, -0.25) is 0 Å². The molecule has 0 atom stereocenters. The van der Waals surface area contributed by atoms with Gasteiger partial charge in [-0.25, -0.2) is 24.0 Å². The second kappa shape index (κ2) is 6.73. The van der Waals surface area contributed by atoms with Gasteiger partial charge in [0, 0.05) is 11.8 Å². The standard InChI is InChI=1S/C19H11ClFN5S2/c1-10-2-3-11(21)8-13(10)26-19(12-6-7-22-18-16(12)27-9-23-18)24-17(25-26)14-4-5-15(20)28-14/h2-9H,1H3. The van der Waals surface area contributed by atoms with Crippen LogP contribution in [0.2, 0.25) is 4.34 Å². The van der Waals surface area contributed by atoms with Gasteiger partial charge in [0.2, 0.25) is 0 Å². The fourth-order valence-corrected chi connectivity index (χ4v) is 4.68. The Balaban J connectivity index is 1.81. The molecule has 4 aromatic heterocycles. The fourth-order valence-electron chi connectivity index (χ4n) is 2.95. The summed E-state index contributed by atoms with van der Waals surface area (Å²) in [6, 6.07) is 10.2. The summed E-state index contributed by atoms with van der Waals surface area (Å²) in [6.07, 6.45) is 1.69. The second-order valence-electron chi connectivity index (χ2n) is 6.07. The lowest BCUT2D eigenvalue weighted by molar-refractivity contribution is 0.625. The first-order valence-corrected chi connectivity index (χ1v) is 10.4.